The van der Waals surface area contributed by atoms with E-state index in [9.17, 15) is 13.2 Å². The van der Waals surface area contributed by atoms with Crippen molar-refractivity contribution in [2.45, 2.75) is 62.8 Å². The fourth-order valence-corrected chi connectivity index (χ4v) is 6.27. The number of carbonyl (C=O) groups excluding carboxylic acids is 1. The molecule has 4 rings (SSSR count). The Labute approximate surface area is 206 Å². The van der Waals surface area contributed by atoms with Crippen molar-refractivity contribution in [1.29, 1.82) is 0 Å². The lowest BCUT2D eigenvalue weighted by Crippen LogP contribution is -2.38. The fraction of sp³-hybridized carbons (Fsp3) is 0.385. The summed E-state index contributed by atoms with van der Waals surface area (Å²) in [4.78, 5) is 19.7. The molecule has 0 saturated heterocycles. The second kappa shape index (κ2) is 10.7. The quantitative estimate of drug-likeness (QED) is 0.418. The van der Waals surface area contributed by atoms with E-state index >= 15 is 0 Å². The van der Waals surface area contributed by atoms with Gasteiger partial charge in [0.15, 0.2) is 5.13 Å². The molecule has 1 N–H and O–H groups in total. The maximum absolute atomic E-state index is 12.6. The molecule has 0 radical (unpaired) electrons. The van der Waals surface area contributed by atoms with Crippen molar-refractivity contribution in [3.05, 3.63) is 65.5 Å². The van der Waals surface area contributed by atoms with Crippen molar-refractivity contribution in [1.82, 2.24) is 9.71 Å². The first-order valence-corrected chi connectivity index (χ1v) is 14.1. The molecule has 0 unspecified atom stereocenters. The molecule has 0 atom stereocenters. The number of hydrogen-bond donors (Lipinski definition) is 1. The Morgan fingerprint density at radius 3 is 2.41 bits per heavy atom. The van der Waals surface area contributed by atoms with Gasteiger partial charge in [0.2, 0.25) is 5.91 Å². The van der Waals surface area contributed by atoms with Crippen molar-refractivity contribution < 1.29 is 13.2 Å². The van der Waals surface area contributed by atoms with Crippen LogP contribution in [0.3, 0.4) is 0 Å². The fourth-order valence-electron chi connectivity index (χ4n) is 4.30. The number of hydrogen-bond acceptors (Lipinski definition) is 6. The standard InChI is InChI=1S/C26H31N3O3S2/c1-19(2)20-12-14-21(15-13-20)24-18-33-26(27-24)29(22-8-6-7-9-22)17-16-25(30)28-34(31,32)23-10-4-3-5-11-23/h3-5,10-15,18-19,22H,6-9,16-17H2,1-2H3,(H,28,30). The molecule has 1 heterocycles. The molecule has 0 spiro atoms. The number of nitrogens with zero attached hydrogens (tertiary/aromatic N) is 2. The van der Waals surface area contributed by atoms with Gasteiger partial charge in [-0.05, 0) is 36.5 Å². The van der Waals surface area contributed by atoms with Gasteiger partial charge in [0.05, 0.1) is 10.6 Å². The van der Waals surface area contributed by atoms with Crippen LogP contribution in [0, 0.1) is 0 Å². The molecule has 1 aliphatic rings. The third kappa shape index (κ3) is 5.85. The van der Waals surface area contributed by atoms with E-state index in [1.807, 2.05) is 0 Å². The highest BCUT2D eigenvalue weighted by molar-refractivity contribution is 7.90. The molecule has 1 fully saturated rings. The molecular formula is C26H31N3O3S2. The number of amides is 1. The number of nitrogens with one attached hydrogen (secondary N) is 1. The lowest BCUT2D eigenvalue weighted by molar-refractivity contribution is -0.119. The first kappa shape index (κ1) is 24.4. The Morgan fingerprint density at radius 2 is 1.76 bits per heavy atom. The third-order valence-electron chi connectivity index (χ3n) is 6.26. The number of thiazole rings is 1. The monoisotopic (exact) mass is 497 g/mol. The van der Waals surface area contributed by atoms with Crippen LogP contribution in [0.2, 0.25) is 0 Å². The van der Waals surface area contributed by atoms with E-state index in [0.717, 1.165) is 42.1 Å². The normalized spacial score (nSPS) is 14.4. The van der Waals surface area contributed by atoms with E-state index in [1.54, 1.807) is 29.5 Å². The molecule has 0 bridgehead atoms. The van der Waals surface area contributed by atoms with E-state index in [1.165, 1.54) is 17.7 Å². The lowest BCUT2D eigenvalue weighted by atomic mass is 10.0. The number of anilines is 1. The number of aromatic nitrogens is 1. The van der Waals surface area contributed by atoms with Gasteiger partial charge in [-0.15, -0.1) is 11.3 Å². The van der Waals surface area contributed by atoms with Crippen LogP contribution in [-0.4, -0.2) is 31.9 Å². The van der Waals surface area contributed by atoms with Gasteiger partial charge < -0.3 is 4.90 Å². The van der Waals surface area contributed by atoms with E-state index in [4.69, 9.17) is 4.98 Å². The summed E-state index contributed by atoms with van der Waals surface area (Å²) < 4.78 is 27.2. The van der Waals surface area contributed by atoms with E-state index < -0.39 is 15.9 Å². The van der Waals surface area contributed by atoms with Gasteiger partial charge in [-0.25, -0.2) is 18.1 Å². The Morgan fingerprint density at radius 1 is 1.09 bits per heavy atom. The van der Waals surface area contributed by atoms with Crippen molar-refractivity contribution in [3.63, 3.8) is 0 Å². The van der Waals surface area contributed by atoms with Crippen LogP contribution in [0.5, 0.6) is 0 Å². The van der Waals surface area contributed by atoms with Gasteiger partial charge in [-0.3, -0.25) is 4.79 Å². The van der Waals surface area contributed by atoms with Crippen LogP contribution in [0.15, 0.2) is 64.9 Å². The molecule has 2 aromatic carbocycles. The summed E-state index contributed by atoms with van der Waals surface area (Å²) >= 11 is 1.58. The minimum atomic E-state index is -3.86. The zero-order chi connectivity index (χ0) is 24.1. The lowest BCUT2D eigenvalue weighted by Gasteiger charge is -2.28. The summed E-state index contributed by atoms with van der Waals surface area (Å²) in [5, 5.41) is 2.94. The Balaban J connectivity index is 1.46. The van der Waals surface area contributed by atoms with Crippen molar-refractivity contribution in [2.75, 3.05) is 11.4 Å². The van der Waals surface area contributed by atoms with E-state index in [-0.39, 0.29) is 11.3 Å². The smallest absolute Gasteiger partial charge is 0.264 e. The molecule has 8 heteroatoms. The summed E-state index contributed by atoms with van der Waals surface area (Å²) in [5.41, 5.74) is 3.29. The van der Waals surface area contributed by atoms with Crippen molar-refractivity contribution in [3.8, 4) is 11.3 Å². The zero-order valence-electron chi connectivity index (χ0n) is 19.6. The highest BCUT2D eigenvalue weighted by atomic mass is 32.2. The number of carbonyl (C=O) groups is 1. The molecule has 3 aromatic rings. The van der Waals surface area contributed by atoms with Crippen LogP contribution >= 0.6 is 11.3 Å². The molecule has 0 aliphatic heterocycles. The molecule has 1 aromatic heterocycles. The van der Waals surface area contributed by atoms with Gasteiger partial charge in [0.1, 0.15) is 0 Å². The Kier molecular flexibility index (Phi) is 7.68. The van der Waals surface area contributed by atoms with Crippen molar-refractivity contribution in [2.24, 2.45) is 0 Å². The van der Waals surface area contributed by atoms with Gasteiger partial charge >= 0.3 is 0 Å². The zero-order valence-corrected chi connectivity index (χ0v) is 21.2. The minimum absolute atomic E-state index is 0.0839. The highest BCUT2D eigenvalue weighted by Gasteiger charge is 2.26. The number of benzene rings is 2. The first-order valence-electron chi connectivity index (χ1n) is 11.8. The predicted octanol–water partition coefficient (Wildman–Crippen LogP) is 5.58. The highest BCUT2D eigenvalue weighted by Crippen LogP contribution is 2.33. The number of rotatable bonds is 9. The Hall–Kier alpha value is -2.71. The first-order chi connectivity index (χ1) is 16.3. The predicted molar refractivity (Wildman–Crippen MR) is 138 cm³/mol. The SMILES string of the molecule is CC(C)c1ccc(-c2csc(N(CCC(=O)NS(=O)(=O)c3ccccc3)C3CCCC3)n2)cc1. The van der Waals surface area contributed by atoms with Crippen LogP contribution < -0.4 is 9.62 Å². The second-order valence-electron chi connectivity index (χ2n) is 9.02. The third-order valence-corrected chi connectivity index (χ3v) is 8.52. The van der Waals surface area contributed by atoms with E-state index in [0.29, 0.717) is 18.5 Å². The summed E-state index contributed by atoms with van der Waals surface area (Å²) in [5.74, 6) is -0.0253. The minimum Gasteiger partial charge on any atom is -0.345 e. The molecule has 1 amide bonds. The van der Waals surface area contributed by atoms with Gasteiger partial charge in [-0.2, -0.15) is 0 Å². The van der Waals surface area contributed by atoms with E-state index in [2.05, 4.69) is 53.1 Å². The van der Waals surface area contributed by atoms with Crippen LogP contribution in [0.1, 0.15) is 57.4 Å². The average Bonchev–Trinajstić information content (AvgIpc) is 3.53. The van der Waals surface area contributed by atoms with Gasteiger partial charge in [0.25, 0.3) is 10.0 Å². The average molecular weight is 498 g/mol. The molecule has 180 valence electrons. The number of sulfonamides is 1. The summed E-state index contributed by atoms with van der Waals surface area (Å²) in [6.45, 7) is 4.79. The maximum atomic E-state index is 12.6. The second-order valence-corrected chi connectivity index (χ2v) is 11.5. The molecule has 1 aliphatic carbocycles. The molecular weight excluding hydrogens is 466 g/mol. The molecule has 34 heavy (non-hydrogen) atoms. The van der Waals surface area contributed by atoms with Gasteiger partial charge in [-0.1, -0.05) is 69.2 Å². The maximum Gasteiger partial charge on any atom is 0.264 e. The summed E-state index contributed by atoms with van der Waals surface area (Å²) in [6, 6.07) is 16.8. The molecule has 1 saturated carbocycles. The largest absolute Gasteiger partial charge is 0.345 e. The van der Waals surface area contributed by atoms with Crippen molar-refractivity contribution >= 4 is 32.4 Å². The molecule has 6 nitrogen and oxygen atoms in total. The topological polar surface area (TPSA) is 79.4 Å². The Bertz CT molecular complexity index is 1200. The van der Waals surface area contributed by atoms with Crippen LogP contribution in [-0.2, 0) is 14.8 Å². The summed E-state index contributed by atoms with van der Waals surface area (Å²) in [6.07, 6.45) is 4.51. The van der Waals surface area contributed by atoms with Gasteiger partial charge in [0, 0.05) is 30.0 Å². The van der Waals surface area contributed by atoms with Crippen LogP contribution in [0.4, 0.5) is 5.13 Å². The summed E-state index contributed by atoms with van der Waals surface area (Å²) in [7, 11) is -3.86. The van der Waals surface area contributed by atoms with Crippen LogP contribution in [0.25, 0.3) is 11.3 Å².